The number of ether oxygens (including phenoxy) is 2. The number of benzene rings is 1. The molecule has 8 nitrogen and oxygen atoms in total. The van der Waals surface area contributed by atoms with Gasteiger partial charge in [-0.3, -0.25) is 19.7 Å². The molecule has 0 radical (unpaired) electrons. The Bertz CT molecular complexity index is 644. The van der Waals surface area contributed by atoms with E-state index in [9.17, 15) is 19.7 Å². The smallest absolute Gasteiger partial charge is 0.311 e. The molecule has 0 aliphatic heterocycles. The van der Waals surface area contributed by atoms with E-state index >= 15 is 0 Å². The molecule has 138 valence electrons. The fraction of sp³-hybridized carbons (Fsp3) is 0.529. The second-order valence-corrected chi connectivity index (χ2v) is 6.17. The van der Waals surface area contributed by atoms with Crippen molar-refractivity contribution in [2.24, 2.45) is 11.8 Å². The first-order chi connectivity index (χ1) is 11.7. The lowest BCUT2D eigenvalue weighted by Gasteiger charge is -2.27. The third kappa shape index (κ3) is 5.44. The first-order valence-corrected chi connectivity index (χ1v) is 7.90. The Hall–Kier alpha value is -2.64. The zero-order chi connectivity index (χ0) is 19.1. The van der Waals surface area contributed by atoms with Crippen molar-refractivity contribution in [3.05, 3.63) is 33.9 Å². The number of carbonyl (C=O) groups is 2. The van der Waals surface area contributed by atoms with E-state index < -0.39 is 16.8 Å². The van der Waals surface area contributed by atoms with E-state index in [2.05, 4.69) is 0 Å². The van der Waals surface area contributed by atoms with Crippen LogP contribution in [0.5, 0.6) is 5.75 Å². The van der Waals surface area contributed by atoms with Crippen LogP contribution >= 0.6 is 0 Å². The third-order valence-corrected chi connectivity index (χ3v) is 3.59. The summed E-state index contributed by atoms with van der Waals surface area (Å²) in [7, 11) is 2.62. The lowest BCUT2D eigenvalue weighted by Crippen LogP contribution is -2.39. The minimum absolute atomic E-state index is 0.0832. The van der Waals surface area contributed by atoms with Crippen LogP contribution in [0.3, 0.4) is 0 Å². The molecule has 1 aromatic rings. The number of hydrogen-bond donors (Lipinski definition) is 0. The van der Waals surface area contributed by atoms with Gasteiger partial charge in [0.25, 0.3) is 5.91 Å². The van der Waals surface area contributed by atoms with E-state index in [-0.39, 0.29) is 35.4 Å². The van der Waals surface area contributed by atoms with Crippen molar-refractivity contribution in [2.45, 2.75) is 20.8 Å². The van der Waals surface area contributed by atoms with Gasteiger partial charge in [-0.2, -0.15) is 0 Å². The molecule has 0 aliphatic carbocycles. The lowest BCUT2D eigenvalue weighted by molar-refractivity contribution is -0.385. The molecule has 0 bridgehead atoms. The predicted octanol–water partition coefficient (Wildman–Crippen LogP) is 2.51. The van der Waals surface area contributed by atoms with E-state index in [0.717, 1.165) is 0 Å². The monoisotopic (exact) mass is 352 g/mol. The predicted molar refractivity (Wildman–Crippen MR) is 91.6 cm³/mol. The van der Waals surface area contributed by atoms with Gasteiger partial charge >= 0.3 is 11.7 Å². The fourth-order valence-electron chi connectivity index (χ4n) is 2.44. The van der Waals surface area contributed by atoms with Crippen molar-refractivity contribution in [3.63, 3.8) is 0 Å². The van der Waals surface area contributed by atoms with Crippen molar-refractivity contribution in [1.29, 1.82) is 0 Å². The Morgan fingerprint density at radius 3 is 2.32 bits per heavy atom. The van der Waals surface area contributed by atoms with Crippen LogP contribution in [0, 0.1) is 22.0 Å². The molecule has 1 aromatic carbocycles. The normalized spacial score (nSPS) is 11.8. The number of amides is 1. The second kappa shape index (κ2) is 9.00. The Morgan fingerprint density at radius 1 is 1.20 bits per heavy atom. The molecule has 1 unspecified atom stereocenters. The summed E-state index contributed by atoms with van der Waals surface area (Å²) in [5.41, 5.74) is -0.107. The van der Waals surface area contributed by atoms with Crippen LogP contribution in [0.15, 0.2) is 18.2 Å². The molecule has 0 N–H and O–H groups in total. The van der Waals surface area contributed by atoms with Gasteiger partial charge in [0.05, 0.1) is 25.1 Å². The molecule has 0 fully saturated rings. The van der Waals surface area contributed by atoms with Crippen molar-refractivity contribution in [1.82, 2.24) is 4.90 Å². The highest BCUT2D eigenvalue weighted by Gasteiger charge is 2.25. The molecule has 8 heteroatoms. The van der Waals surface area contributed by atoms with Gasteiger partial charge in [0.2, 0.25) is 0 Å². The Kier molecular flexibility index (Phi) is 7.35. The van der Waals surface area contributed by atoms with Crippen molar-refractivity contribution in [3.8, 4) is 5.75 Å². The summed E-state index contributed by atoms with van der Waals surface area (Å²) in [5.74, 6) is -1.04. The second-order valence-electron chi connectivity index (χ2n) is 6.17. The van der Waals surface area contributed by atoms with Crippen LogP contribution in [-0.2, 0) is 9.53 Å². The average Bonchev–Trinajstić information content (AvgIpc) is 2.58. The summed E-state index contributed by atoms with van der Waals surface area (Å²) in [6.45, 7) is 6.14. The minimum atomic E-state index is -0.598. The highest BCUT2D eigenvalue weighted by Crippen LogP contribution is 2.28. The number of nitro benzene ring substituents is 1. The summed E-state index contributed by atoms with van der Waals surface area (Å²) in [6.07, 6.45) is 0. The first kappa shape index (κ1) is 20.4. The van der Waals surface area contributed by atoms with Crippen LogP contribution in [0.1, 0.15) is 31.1 Å². The maximum absolute atomic E-state index is 12.8. The minimum Gasteiger partial charge on any atom is -0.490 e. The number of methoxy groups -OCH3 is 2. The van der Waals surface area contributed by atoms with Crippen LogP contribution in [0.2, 0.25) is 0 Å². The summed E-state index contributed by atoms with van der Waals surface area (Å²) in [4.78, 5) is 36.5. The van der Waals surface area contributed by atoms with Gasteiger partial charge < -0.3 is 14.4 Å². The quantitative estimate of drug-likeness (QED) is 0.405. The van der Waals surface area contributed by atoms with E-state index in [4.69, 9.17) is 9.47 Å². The molecule has 25 heavy (non-hydrogen) atoms. The number of carbonyl (C=O) groups excluding carboxylic acids is 2. The fourth-order valence-corrected chi connectivity index (χ4v) is 2.44. The van der Waals surface area contributed by atoms with Crippen LogP contribution < -0.4 is 4.74 Å². The molecule has 0 saturated carbocycles. The molecule has 0 heterocycles. The summed E-state index contributed by atoms with van der Waals surface area (Å²) >= 11 is 0. The van der Waals surface area contributed by atoms with Crippen molar-refractivity contribution >= 4 is 17.6 Å². The number of esters is 1. The van der Waals surface area contributed by atoms with Crippen LogP contribution in [0.4, 0.5) is 5.69 Å². The zero-order valence-corrected chi connectivity index (χ0v) is 15.1. The van der Waals surface area contributed by atoms with Gasteiger partial charge in [-0.25, -0.2) is 0 Å². The number of nitrogens with zero attached hydrogens (tertiary/aromatic N) is 2. The molecule has 1 amide bonds. The first-order valence-electron chi connectivity index (χ1n) is 7.90. The van der Waals surface area contributed by atoms with E-state index in [0.29, 0.717) is 6.54 Å². The van der Waals surface area contributed by atoms with Gasteiger partial charge in [0.1, 0.15) is 0 Å². The molecular formula is C17H24N2O6. The number of rotatable bonds is 8. The molecule has 0 saturated heterocycles. The molecule has 0 aliphatic rings. The van der Waals surface area contributed by atoms with E-state index in [1.165, 1.54) is 37.3 Å². The van der Waals surface area contributed by atoms with Gasteiger partial charge in [-0.1, -0.05) is 20.8 Å². The molecule has 1 atom stereocenters. The van der Waals surface area contributed by atoms with Crippen LogP contribution in [-0.4, -0.2) is 49.0 Å². The zero-order valence-electron chi connectivity index (χ0n) is 15.1. The third-order valence-electron chi connectivity index (χ3n) is 3.59. The molecular weight excluding hydrogens is 328 g/mol. The Morgan fingerprint density at radius 2 is 1.84 bits per heavy atom. The van der Waals surface area contributed by atoms with E-state index in [1.54, 1.807) is 6.92 Å². The SMILES string of the molecule is COC(=O)C(C)CN(CC(C)C)C(=O)c1ccc(OC)c([N+](=O)[O-])c1. The summed E-state index contributed by atoms with van der Waals surface area (Å²) in [6, 6.07) is 4.06. The summed E-state index contributed by atoms with van der Waals surface area (Å²) < 4.78 is 9.65. The standard InChI is InChI=1S/C17H24N2O6/c1-11(2)9-18(10-12(3)17(21)25-5)16(20)13-6-7-15(24-4)14(8-13)19(22)23/h6-8,11-12H,9-10H2,1-5H3. The number of hydrogen-bond acceptors (Lipinski definition) is 6. The molecule has 0 aromatic heterocycles. The molecule has 1 rings (SSSR count). The highest BCUT2D eigenvalue weighted by atomic mass is 16.6. The summed E-state index contributed by atoms with van der Waals surface area (Å²) in [5, 5.41) is 11.1. The largest absolute Gasteiger partial charge is 0.490 e. The molecule has 0 spiro atoms. The van der Waals surface area contributed by atoms with Gasteiger partial charge in [-0.05, 0) is 18.1 Å². The maximum Gasteiger partial charge on any atom is 0.311 e. The maximum atomic E-state index is 12.8. The van der Waals surface area contributed by atoms with Crippen molar-refractivity contribution in [2.75, 3.05) is 27.3 Å². The van der Waals surface area contributed by atoms with Gasteiger partial charge in [0.15, 0.2) is 5.75 Å². The highest BCUT2D eigenvalue weighted by molar-refractivity contribution is 5.95. The lowest BCUT2D eigenvalue weighted by atomic mass is 10.1. The van der Waals surface area contributed by atoms with Crippen LogP contribution in [0.25, 0.3) is 0 Å². The van der Waals surface area contributed by atoms with E-state index in [1.807, 2.05) is 13.8 Å². The van der Waals surface area contributed by atoms with Gasteiger partial charge in [0, 0.05) is 24.7 Å². The Labute approximate surface area is 146 Å². The van der Waals surface area contributed by atoms with Crippen molar-refractivity contribution < 1.29 is 24.0 Å². The topological polar surface area (TPSA) is 99.0 Å². The Balaban J connectivity index is 3.14. The average molecular weight is 352 g/mol. The van der Waals surface area contributed by atoms with Gasteiger partial charge in [-0.15, -0.1) is 0 Å². The number of nitro groups is 1.